The fraction of sp³-hybridized carbons (Fsp3) is 0.622. The summed E-state index contributed by atoms with van der Waals surface area (Å²) in [4.78, 5) is 9.69. The SMILES string of the molecule is CCCCC(C)(CCCC)c1cc(C=NC2CC2N=Cc2cc(C(C)C)cc(C(C)(C)C)c2O)c(O)c(C(C)C)c1. The highest BCUT2D eigenvalue weighted by Gasteiger charge is 2.36. The number of aromatic hydroxyl groups is 2. The number of hydrogen-bond acceptors (Lipinski definition) is 4. The summed E-state index contributed by atoms with van der Waals surface area (Å²) in [7, 11) is 0. The molecule has 1 saturated carbocycles. The summed E-state index contributed by atoms with van der Waals surface area (Å²) in [5, 5.41) is 22.2. The van der Waals surface area contributed by atoms with E-state index in [1.54, 1.807) is 0 Å². The number of benzene rings is 2. The fourth-order valence-corrected chi connectivity index (χ4v) is 5.64. The Morgan fingerprint density at radius 2 is 1.32 bits per heavy atom. The number of rotatable bonds is 13. The van der Waals surface area contributed by atoms with Gasteiger partial charge in [0.2, 0.25) is 0 Å². The lowest BCUT2D eigenvalue weighted by Gasteiger charge is -2.32. The standard InChI is InChI=1S/C37H56N2O2/c1-11-13-15-37(10,16-14-12-2)29-18-28(34(40)30(20-29)25(5)6)23-39-33-21-32(33)38-22-27-17-26(24(3)4)19-31(35(27)41)36(7,8)9/h17-20,22-25,32-33,40-41H,11-16,21H2,1-10H3. The molecule has 1 fully saturated rings. The minimum absolute atomic E-state index is 0.0940. The number of aliphatic imine (C=N–C) groups is 2. The first kappa shape index (κ1) is 32.9. The Morgan fingerprint density at radius 1 is 0.780 bits per heavy atom. The molecule has 2 N–H and O–H groups in total. The maximum Gasteiger partial charge on any atom is 0.128 e. The molecule has 4 nitrogen and oxygen atoms in total. The van der Waals surface area contributed by atoms with Crippen LogP contribution < -0.4 is 0 Å². The first-order valence-electron chi connectivity index (χ1n) is 16.0. The van der Waals surface area contributed by atoms with E-state index in [4.69, 9.17) is 9.98 Å². The van der Waals surface area contributed by atoms with Gasteiger partial charge in [0.1, 0.15) is 11.5 Å². The zero-order valence-electron chi connectivity index (χ0n) is 27.5. The Hall–Kier alpha value is -2.62. The molecule has 0 heterocycles. The third kappa shape index (κ3) is 8.23. The van der Waals surface area contributed by atoms with E-state index < -0.39 is 0 Å². The molecule has 2 unspecified atom stereocenters. The average molecular weight is 561 g/mol. The van der Waals surface area contributed by atoms with Crippen LogP contribution in [0.15, 0.2) is 34.3 Å². The quantitative estimate of drug-likeness (QED) is 0.239. The van der Waals surface area contributed by atoms with Gasteiger partial charge < -0.3 is 10.2 Å². The van der Waals surface area contributed by atoms with Crippen molar-refractivity contribution < 1.29 is 10.2 Å². The maximum atomic E-state index is 11.2. The highest BCUT2D eigenvalue weighted by Crippen LogP contribution is 2.41. The first-order valence-corrected chi connectivity index (χ1v) is 16.0. The van der Waals surface area contributed by atoms with Crippen LogP contribution in [0.2, 0.25) is 0 Å². The molecule has 0 aliphatic heterocycles. The van der Waals surface area contributed by atoms with Crippen LogP contribution in [-0.2, 0) is 10.8 Å². The zero-order valence-corrected chi connectivity index (χ0v) is 27.5. The van der Waals surface area contributed by atoms with Crippen molar-refractivity contribution in [3.05, 3.63) is 57.6 Å². The van der Waals surface area contributed by atoms with E-state index in [0.717, 1.165) is 41.5 Å². The van der Waals surface area contributed by atoms with Crippen molar-refractivity contribution in [3.63, 3.8) is 0 Å². The van der Waals surface area contributed by atoms with E-state index in [1.165, 1.54) is 36.8 Å². The molecule has 4 heteroatoms. The summed E-state index contributed by atoms with van der Waals surface area (Å²) >= 11 is 0. The van der Waals surface area contributed by atoms with Gasteiger partial charge in [-0.15, -0.1) is 0 Å². The van der Waals surface area contributed by atoms with E-state index in [2.05, 4.69) is 93.5 Å². The molecule has 0 spiro atoms. The number of unbranched alkanes of at least 4 members (excludes halogenated alkanes) is 2. The predicted octanol–water partition coefficient (Wildman–Crippen LogP) is 9.96. The summed E-state index contributed by atoms with van der Waals surface area (Å²) in [6.45, 7) is 22.0. The molecule has 2 aromatic carbocycles. The second-order valence-corrected chi connectivity index (χ2v) is 14.3. The minimum Gasteiger partial charge on any atom is -0.507 e. The van der Waals surface area contributed by atoms with Gasteiger partial charge >= 0.3 is 0 Å². The average Bonchev–Trinajstić information content (AvgIpc) is 3.66. The van der Waals surface area contributed by atoms with Gasteiger partial charge in [0.15, 0.2) is 0 Å². The van der Waals surface area contributed by atoms with Gasteiger partial charge in [-0.2, -0.15) is 0 Å². The molecule has 0 bridgehead atoms. The van der Waals surface area contributed by atoms with Gasteiger partial charge in [-0.05, 0) is 70.8 Å². The van der Waals surface area contributed by atoms with Crippen LogP contribution in [0.5, 0.6) is 11.5 Å². The van der Waals surface area contributed by atoms with Crippen LogP contribution in [-0.4, -0.2) is 34.7 Å². The van der Waals surface area contributed by atoms with Gasteiger partial charge in [0, 0.05) is 29.1 Å². The lowest BCUT2D eigenvalue weighted by Crippen LogP contribution is -2.23. The highest BCUT2D eigenvalue weighted by atomic mass is 16.3. The Morgan fingerprint density at radius 3 is 1.78 bits per heavy atom. The summed E-state index contributed by atoms with van der Waals surface area (Å²) in [5.74, 6) is 1.27. The summed E-state index contributed by atoms with van der Waals surface area (Å²) in [5.41, 5.74) is 6.03. The Kier molecular flexibility index (Phi) is 10.9. The maximum absolute atomic E-state index is 11.2. The molecule has 2 atom stereocenters. The van der Waals surface area contributed by atoms with E-state index in [-0.39, 0.29) is 28.8 Å². The van der Waals surface area contributed by atoms with Gasteiger partial charge in [-0.3, -0.25) is 9.98 Å². The third-order valence-electron chi connectivity index (χ3n) is 8.82. The van der Waals surface area contributed by atoms with Crippen molar-refractivity contribution in [1.82, 2.24) is 0 Å². The number of hydrogen-bond donors (Lipinski definition) is 2. The number of phenolic OH excluding ortho intramolecular Hbond substituents is 2. The van der Waals surface area contributed by atoms with Crippen LogP contribution in [0.4, 0.5) is 0 Å². The van der Waals surface area contributed by atoms with E-state index in [1.807, 2.05) is 12.4 Å². The van der Waals surface area contributed by atoms with Crippen molar-refractivity contribution in [2.24, 2.45) is 9.98 Å². The molecular weight excluding hydrogens is 504 g/mol. The van der Waals surface area contributed by atoms with Gasteiger partial charge in [-0.1, -0.05) is 107 Å². The van der Waals surface area contributed by atoms with Crippen molar-refractivity contribution in [1.29, 1.82) is 0 Å². The van der Waals surface area contributed by atoms with E-state index in [0.29, 0.717) is 17.4 Å². The van der Waals surface area contributed by atoms with Crippen molar-refractivity contribution in [3.8, 4) is 11.5 Å². The third-order valence-corrected chi connectivity index (χ3v) is 8.82. The summed E-state index contributed by atoms with van der Waals surface area (Å²) in [6.07, 6.45) is 11.7. The lowest BCUT2D eigenvalue weighted by molar-refractivity contribution is 0.373. The Bertz CT molecular complexity index is 1220. The molecule has 0 aromatic heterocycles. The second kappa shape index (κ2) is 13.6. The van der Waals surface area contributed by atoms with Crippen LogP contribution >= 0.6 is 0 Å². The fourth-order valence-electron chi connectivity index (χ4n) is 5.64. The molecule has 0 radical (unpaired) electrons. The van der Waals surface area contributed by atoms with Crippen molar-refractivity contribution in [2.45, 2.75) is 149 Å². The topological polar surface area (TPSA) is 65.2 Å². The summed E-state index contributed by atoms with van der Waals surface area (Å²) in [6, 6.07) is 8.81. The molecule has 1 aliphatic carbocycles. The van der Waals surface area contributed by atoms with E-state index in [9.17, 15) is 10.2 Å². The lowest BCUT2D eigenvalue weighted by atomic mass is 9.73. The molecule has 1 aliphatic rings. The predicted molar refractivity (Wildman–Crippen MR) is 177 cm³/mol. The summed E-state index contributed by atoms with van der Waals surface area (Å²) < 4.78 is 0. The van der Waals surface area contributed by atoms with Gasteiger partial charge in [0.05, 0.1) is 12.1 Å². The van der Waals surface area contributed by atoms with Crippen molar-refractivity contribution >= 4 is 12.4 Å². The van der Waals surface area contributed by atoms with Crippen LogP contribution in [0.25, 0.3) is 0 Å². The van der Waals surface area contributed by atoms with Crippen LogP contribution in [0.3, 0.4) is 0 Å². The van der Waals surface area contributed by atoms with Gasteiger partial charge in [0.25, 0.3) is 0 Å². The van der Waals surface area contributed by atoms with Crippen molar-refractivity contribution in [2.75, 3.05) is 0 Å². The number of phenols is 2. The zero-order chi connectivity index (χ0) is 30.5. The van der Waals surface area contributed by atoms with E-state index >= 15 is 0 Å². The second-order valence-electron chi connectivity index (χ2n) is 14.3. The largest absolute Gasteiger partial charge is 0.507 e. The molecule has 0 saturated heterocycles. The normalized spacial score (nSPS) is 18.0. The molecular formula is C37H56N2O2. The molecule has 226 valence electrons. The molecule has 0 amide bonds. The van der Waals surface area contributed by atoms with Crippen LogP contribution in [0.1, 0.15) is 159 Å². The number of nitrogens with zero attached hydrogens (tertiary/aromatic N) is 2. The monoisotopic (exact) mass is 560 g/mol. The molecule has 3 rings (SSSR count). The highest BCUT2D eigenvalue weighted by molar-refractivity contribution is 5.86. The first-order chi connectivity index (χ1) is 19.2. The smallest absolute Gasteiger partial charge is 0.128 e. The van der Waals surface area contributed by atoms with Gasteiger partial charge in [-0.25, -0.2) is 0 Å². The minimum atomic E-state index is -0.154. The Labute approximate surface area is 250 Å². The van der Waals surface area contributed by atoms with Crippen LogP contribution in [0, 0.1) is 0 Å². The molecule has 41 heavy (non-hydrogen) atoms. The molecule has 2 aromatic rings. The Balaban J connectivity index is 1.87.